The first kappa shape index (κ1) is 17.4. The van der Waals surface area contributed by atoms with E-state index in [1.54, 1.807) is 24.3 Å². The molecule has 134 valence electrons. The van der Waals surface area contributed by atoms with Gasteiger partial charge in [0, 0.05) is 22.3 Å². The van der Waals surface area contributed by atoms with Crippen molar-refractivity contribution in [3.05, 3.63) is 94.5 Å². The Balaban J connectivity index is 2.00. The van der Waals surface area contributed by atoms with Crippen LogP contribution >= 0.6 is 0 Å². The fourth-order valence-electron chi connectivity index (χ4n) is 3.87. The lowest BCUT2D eigenvalue weighted by Crippen LogP contribution is -2.22. The number of ketones is 2. The molecule has 0 spiro atoms. The normalized spacial score (nSPS) is 13.3. The molecule has 4 rings (SSSR count). The van der Waals surface area contributed by atoms with Crippen LogP contribution in [-0.2, 0) is 5.41 Å². The van der Waals surface area contributed by atoms with Gasteiger partial charge in [-0.3, -0.25) is 9.59 Å². The number of carbonyl (C=O) groups is 2. The van der Waals surface area contributed by atoms with Crippen molar-refractivity contribution in [3.63, 3.8) is 0 Å². The highest BCUT2D eigenvalue weighted by Crippen LogP contribution is 2.40. The van der Waals surface area contributed by atoms with E-state index in [2.05, 4.69) is 32.9 Å². The molecule has 0 radical (unpaired) electrons. The summed E-state index contributed by atoms with van der Waals surface area (Å²) < 4.78 is 0. The Morgan fingerprint density at radius 3 is 1.81 bits per heavy atom. The predicted molar refractivity (Wildman–Crippen MR) is 109 cm³/mol. The Kier molecular flexibility index (Phi) is 4.07. The number of carbonyl (C=O) groups excluding carboxylic acids is 2. The van der Waals surface area contributed by atoms with Gasteiger partial charge < -0.3 is 0 Å². The van der Waals surface area contributed by atoms with Gasteiger partial charge in [0.05, 0.1) is 0 Å². The van der Waals surface area contributed by atoms with Crippen LogP contribution in [0.4, 0.5) is 0 Å². The van der Waals surface area contributed by atoms with Crippen molar-refractivity contribution in [2.75, 3.05) is 0 Å². The summed E-state index contributed by atoms with van der Waals surface area (Å²) in [4.78, 5) is 26.3. The van der Waals surface area contributed by atoms with Gasteiger partial charge in [-0.2, -0.15) is 0 Å². The second-order valence-electron chi connectivity index (χ2n) is 7.71. The molecule has 3 aromatic rings. The van der Waals surface area contributed by atoms with Crippen LogP contribution < -0.4 is 0 Å². The first-order chi connectivity index (χ1) is 13.0. The summed E-state index contributed by atoms with van der Waals surface area (Å²) in [6.45, 7) is 6.59. The molecule has 0 bridgehead atoms. The van der Waals surface area contributed by atoms with Gasteiger partial charge in [0.1, 0.15) is 0 Å². The van der Waals surface area contributed by atoms with Crippen LogP contribution in [0.1, 0.15) is 64.6 Å². The van der Waals surface area contributed by atoms with E-state index < -0.39 is 0 Å². The quantitative estimate of drug-likeness (QED) is 0.465. The van der Waals surface area contributed by atoms with Crippen molar-refractivity contribution in [3.8, 4) is 11.1 Å². The van der Waals surface area contributed by atoms with Gasteiger partial charge in [-0.15, -0.1) is 0 Å². The highest BCUT2D eigenvalue weighted by atomic mass is 16.1. The largest absolute Gasteiger partial charge is 0.289 e. The number of benzene rings is 3. The summed E-state index contributed by atoms with van der Waals surface area (Å²) in [6.07, 6.45) is 0.981. The molecule has 0 aliphatic heterocycles. The van der Waals surface area contributed by atoms with Crippen molar-refractivity contribution < 1.29 is 9.59 Å². The maximum absolute atomic E-state index is 13.3. The molecule has 1 aliphatic carbocycles. The maximum atomic E-state index is 13.3. The first-order valence-corrected chi connectivity index (χ1v) is 9.37. The monoisotopic (exact) mass is 354 g/mol. The number of hydrogen-bond donors (Lipinski definition) is 0. The molecule has 2 nitrogen and oxygen atoms in total. The second kappa shape index (κ2) is 6.31. The zero-order valence-corrected chi connectivity index (χ0v) is 15.9. The van der Waals surface area contributed by atoms with Gasteiger partial charge in [0.15, 0.2) is 11.6 Å². The van der Waals surface area contributed by atoms with Crippen LogP contribution in [0.2, 0.25) is 0 Å². The Hall–Kier alpha value is -3.00. The second-order valence-corrected chi connectivity index (χ2v) is 7.71. The van der Waals surface area contributed by atoms with Gasteiger partial charge in [-0.05, 0) is 28.5 Å². The molecular formula is C25H22O2. The molecule has 0 aromatic heterocycles. The molecule has 3 aromatic carbocycles. The number of hydrogen-bond acceptors (Lipinski definition) is 2. The zero-order chi connectivity index (χ0) is 19.2. The van der Waals surface area contributed by atoms with Gasteiger partial charge in [-0.1, -0.05) is 87.5 Å². The summed E-state index contributed by atoms with van der Waals surface area (Å²) in [7, 11) is 0. The standard InChI is InChI=1S/C25H22O2/c1-4-25(2,3)21-15-8-7-10-16(21)17-13-9-14-20-22(17)24(27)19-12-6-5-11-18(19)23(20)26/h5-15H,4H2,1-3H3. The van der Waals surface area contributed by atoms with E-state index in [9.17, 15) is 9.59 Å². The molecule has 0 heterocycles. The SMILES string of the molecule is CCC(C)(C)c1ccccc1-c1cccc2c1C(=O)c1ccccc1C2=O. The summed E-state index contributed by atoms with van der Waals surface area (Å²) >= 11 is 0. The van der Waals surface area contributed by atoms with E-state index in [4.69, 9.17) is 0 Å². The average molecular weight is 354 g/mol. The summed E-state index contributed by atoms with van der Waals surface area (Å²) in [6, 6.07) is 20.9. The Labute approximate surface area is 159 Å². The van der Waals surface area contributed by atoms with E-state index in [1.165, 1.54) is 5.56 Å². The number of fused-ring (bicyclic) bond motifs is 2. The minimum absolute atomic E-state index is 0.0288. The first-order valence-electron chi connectivity index (χ1n) is 9.37. The molecule has 0 amide bonds. The Morgan fingerprint density at radius 1 is 0.630 bits per heavy atom. The van der Waals surface area contributed by atoms with Crippen LogP contribution in [0, 0.1) is 0 Å². The Bertz CT molecular complexity index is 1070. The van der Waals surface area contributed by atoms with Crippen LogP contribution in [0.15, 0.2) is 66.7 Å². The van der Waals surface area contributed by atoms with Crippen LogP contribution in [0.3, 0.4) is 0 Å². The fraction of sp³-hybridized carbons (Fsp3) is 0.200. The molecule has 0 saturated heterocycles. The molecule has 0 N–H and O–H groups in total. The van der Waals surface area contributed by atoms with Gasteiger partial charge in [0.25, 0.3) is 0 Å². The molecular weight excluding hydrogens is 332 g/mol. The van der Waals surface area contributed by atoms with E-state index in [-0.39, 0.29) is 17.0 Å². The summed E-state index contributed by atoms with van der Waals surface area (Å²) in [5.74, 6) is -0.144. The third kappa shape index (κ3) is 2.64. The lowest BCUT2D eigenvalue weighted by atomic mass is 9.75. The van der Waals surface area contributed by atoms with E-state index in [0.717, 1.165) is 17.5 Å². The summed E-state index contributed by atoms with van der Waals surface area (Å²) in [5.41, 5.74) is 5.06. The van der Waals surface area contributed by atoms with Gasteiger partial charge in [0.2, 0.25) is 0 Å². The average Bonchev–Trinajstić information content (AvgIpc) is 2.71. The molecule has 0 fully saturated rings. The molecule has 0 saturated carbocycles. The number of rotatable bonds is 3. The predicted octanol–water partition coefficient (Wildman–Crippen LogP) is 5.82. The Morgan fingerprint density at radius 2 is 1.15 bits per heavy atom. The van der Waals surface area contributed by atoms with Crippen molar-refractivity contribution >= 4 is 11.6 Å². The fourth-order valence-corrected chi connectivity index (χ4v) is 3.87. The molecule has 1 aliphatic rings. The van der Waals surface area contributed by atoms with Gasteiger partial charge >= 0.3 is 0 Å². The maximum Gasteiger partial charge on any atom is 0.195 e. The topological polar surface area (TPSA) is 34.1 Å². The highest BCUT2D eigenvalue weighted by Gasteiger charge is 2.32. The van der Waals surface area contributed by atoms with Crippen molar-refractivity contribution in [1.29, 1.82) is 0 Å². The van der Waals surface area contributed by atoms with Crippen molar-refractivity contribution in [2.45, 2.75) is 32.6 Å². The molecule has 0 atom stereocenters. The van der Waals surface area contributed by atoms with Gasteiger partial charge in [-0.25, -0.2) is 0 Å². The lowest BCUT2D eigenvalue weighted by molar-refractivity contribution is 0.0979. The van der Waals surface area contributed by atoms with Crippen LogP contribution in [0.25, 0.3) is 11.1 Å². The molecule has 0 unspecified atom stereocenters. The van der Waals surface area contributed by atoms with Crippen LogP contribution in [-0.4, -0.2) is 11.6 Å². The lowest BCUT2D eigenvalue weighted by Gasteiger charge is -2.28. The van der Waals surface area contributed by atoms with Crippen molar-refractivity contribution in [1.82, 2.24) is 0 Å². The molecule has 2 heteroatoms. The minimum Gasteiger partial charge on any atom is -0.289 e. The van der Waals surface area contributed by atoms with E-state index in [1.807, 2.05) is 30.3 Å². The highest BCUT2D eigenvalue weighted by molar-refractivity contribution is 6.30. The summed E-state index contributed by atoms with van der Waals surface area (Å²) in [5, 5.41) is 0. The molecule has 27 heavy (non-hydrogen) atoms. The third-order valence-corrected chi connectivity index (χ3v) is 5.78. The smallest absolute Gasteiger partial charge is 0.195 e. The third-order valence-electron chi connectivity index (χ3n) is 5.78. The minimum atomic E-state index is -0.0747. The van der Waals surface area contributed by atoms with Crippen molar-refractivity contribution in [2.24, 2.45) is 0 Å². The van der Waals surface area contributed by atoms with E-state index >= 15 is 0 Å². The zero-order valence-electron chi connectivity index (χ0n) is 15.9. The van der Waals surface area contributed by atoms with Crippen LogP contribution in [0.5, 0.6) is 0 Å². The van der Waals surface area contributed by atoms with E-state index in [0.29, 0.717) is 22.3 Å².